The number of fused-ring (bicyclic) bond motifs is 1. The summed E-state index contributed by atoms with van der Waals surface area (Å²) >= 11 is 0. The lowest BCUT2D eigenvalue weighted by Gasteiger charge is -2.32. The molecule has 1 unspecified atom stereocenters. The topological polar surface area (TPSA) is 91.0 Å². The minimum absolute atomic E-state index is 0.0776. The molecular formula is C31H40F3N5O2. The van der Waals surface area contributed by atoms with Crippen LogP contribution in [0.4, 0.5) is 13.2 Å². The molecule has 2 heterocycles. The number of aromatic nitrogens is 3. The van der Waals surface area contributed by atoms with Gasteiger partial charge in [0.1, 0.15) is 11.0 Å². The molecule has 1 aliphatic heterocycles. The van der Waals surface area contributed by atoms with Gasteiger partial charge in [0, 0.05) is 31.1 Å². The number of nitrogens with one attached hydrogen (secondary N) is 2. The standard InChI is InChI=1S/C31H40F3N5O2/c1-2-26(35-30(41)24-12-15-27-28(21-24)37-38-36-27)8-6-4-3-5-7-22-17-19-39(20-18-22)29(40)16-11-23-9-13-25(14-10-23)31(32,33)34/h9-10,12-15,21-22,26H,2-8,11,16-20H2,1H3,(H,35,41)(H,36,37,38). The maximum absolute atomic E-state index is 12.7. The van der Waals surface area contributed by atoms with Gasteiger partial charge >= 0.3 is 6.18 Å². The number of H-pyrrole nitrogens is 1. The second-order valence-electron chi connectivity index (χ2n) is 11.1. The number of aryl methyl sites for hydroxylation is 1. The van der Waals surface area contributed by atoms with E-state index < -0.39 is 11.7 Å². The van der Waals surface area contributed by atoms with E-state index in [1.165, 1.54) is 31.4 Å². The van der Waals surface area contributed by atoms with E-state index in [9.17, 15) is 22.8 Å². The number of carbonyl (C=O) groups excluding carboxylic acids is 2. The van der Waals surface area contributed by atoms with E-state index >= 15 is 0 Å². The summed E-state index contributed by atoms with van der Waals surface area (Å²) in [6.45, 7) is 3.62. The normalized spacial score (nSPS) is 15.3. The number of nitrogens with zero attached hydrogens (tertiary/aromatic N) is 3. The van der Waals surface area contributed by atoms with Crippen molar-refractivity contribution in [2.24, 2.45) is 5.92 Å². The highest BCUT2D eigenvalue weighted by molar-refractivity contribution is 5.97. The minimum atomic E-state index is -4.34. The molecule has 10 heteroatoms. The average molecular weight is 572 g/mol. The number of hydrogen-bond acceptors (Lipinski definition) is 4. The van der Waals surface area contributed by atoms with Gasteiger partial charge in [-0.1, -0.05) is 51.2 Å². The Bertz CT molecular complexity index is 1270. The van der Waals surface area contributed by atoms with Crippen molar-refractivity contribution in [3.63, 3.8) is 0 Å². The van der Waals surface area contributed by atoms with Gasteiger partial charge in [0.2, 0.25) is 5.91 Å². The zero-order chi connectivity index (χ0) is 29.2. The number of piperidine rings is 1. The van der Waals surface area contributed by atoms with Crippen molar-refractivity contribution in [2.75, 3.05) is 13.1 Å². The van der Waals surface area contributed by atoms with Crippen LogP contribution < -0.4 is 5.32 Å². The Labute approximate surface area is 239 Å². The molecule has 1 aliphatic rings. The summed E-state index contributed by atoms with van der Waals surface area (Å²) < 4.78 is 38.2. The SMILES string of the molecule is CCC(CCCCCCC1CCN(C(=O)CCc2ccc(C(F)(F)F)cc2)CC1)NC(=O)c1ccc2n[nH]nc2c1. The first-order valence-corrected chi connectivity index (χ1v) is 14.8. The fourth-order valence-electron chi connectivity index (χ4n) is 5.55. The van der Waals surface area contributed by atoms with Crippen LogP contribution in [0.2, 0.25) is 0 Å². The Morgan fingerprint density at radius 3 is 2.41 bits per heavy atom. The van der Waals surface area contributed by atoms with Crippen LogP contribution in [-0.4, -0.2) is 51.3 Å². The summed E-state index contributed by atoms with van der Waals surface area (Å²) in [4.78, 5) is 27.2. The van der Waals surface area contributed by atoms with E-state index in [0.29, 0.717) is 29.8 Å². The second kappa shape index (κ2) is 14.5. The van der Waals surface area contributed by atoms with E-state index in [2.05, 4.69) is 27.7 Å². The van der Waals surface area contributed by atoms with E-state index in [1.54, 1.807) is 18.2 Å². The van der Waals surface area contributed by atoms with E-state index in [4.69, 9.17) is 0 Å². The summed E-state index contributed by atoms with van der Waals surface area (Å²) in [7, 11) is 0. The molecule has 1 fully saturated rings. The third-order valence-electron chi connectivity index (χ3n) is 8.20. The molecule has 0 spiro atoms. The van der Waals surface area contributed by atoms with Crippen LogP contribution in [0.5, 0.6) is 0 Å². The summed E-state index contributed by atoms with van der Waals surface area (Å²) in [6.07, 6.45) is 6.04. The zero-order valence-corrected chi connectivity index (χ0v) is 23.7. The largest absolute Gasteiger partial charge is 0.416 e. The van der Waals surface area contributed by atoms with Crippen molar-refractivity contribution in [3.05, 3.63) is 59.2 Å². The average Bonchev–Trinajstić information content (AvgIpc) is 3.45. The zero-order valence-electron chi connectivity index (χ0n) is 23.7. The molecule has 1 saturated heterocycles. The number of likely N-dealkylation sites (tertiary alicyclic amines) is 1. The van der Waals surface area contributed by atoms with Gasteiger partial charge in [0.05, 0.1) is 5.56 Å². The van der Waals surface area contributed by atoms with Crippen LogP contribution in [0.1, 0.15) is 92.6 Å². The highest BCUT2D eigenvalue weighted by Crippen LogP contribution is 2.29. The minimum Gasteiger partial charge on any atom is -0.349 e. The molecule has 2 amide bonds. The maximum atomic E-state index is 12.7. The lowest BCUT2D eigenvalue weighted by atomic mass is 9.90. The van der Waals surface area contributed by atoms with Gasteiger partial charge in [-0.25, -0.2) is 0 Å². The van der Waals surface area contributed by atoms with Gasteiger partial charge in [0.25, 0.3) is 5.91 Å². The van der Waals surface area contributed by atoms with Crippen molar-refractivity contribution in [2.45, 2.75) is 89.8 Å². The van der Waals surface area contributed by atoms with Crippen LogP contribution in [0.15, 0.2) is 42.5 Å². The summed E-state index contributed by atoms with van der Waals surface area (Å²) in [5, 5.41) is 13.8. The van der Waals surface area contributed by atoms with Crippen molar-refractivity contribution in [1.82, 2.24) is 25.6 Å². The molecule has 0 saturated carbocycles. The summed E-state index contributed by atoms with van der Waals surface area (Å²) in [5.74, 6) is 0.643. The number of halogens is 3. The number of aromatic amines is 1. The molecule has 1 aromatic heterocycles. The Morgan fingerprint density at radius 2 is 1.71 bits per heavy atom. The predicted molar refractivity (Wildman–Crippen MR) is 152 cm³/mol. The predicted octanol–water partition coefficient (Wildman–Crippen LogP) is 6.70. The second-order valence-corrected chi connectivity index (χ2v) is 11.1. The van der Waals surface area contributed by atoms with Crippen LogP contribution in [0.3, 0.4) is 0 Å². The van der Waals surface area contributed by atoms with Crippen LogP contribution in [0.25, 0.3) is 11.0 Å². The Balaban J connectivity index is 1.05. The molecule has 222 valence electrons. The van der Waals surface area contributed by atoms with Gasteiger partial charge in [0.15, 0.2) is 0 Å². The number of carbonyl (C=O) groups is 2. The van der Waals surface area contributed by atoms with Crippen molar-refractivity contribution < 1.29 is 22.8 Å². The molecule has 0 radical (unpaired) electrons. The highest BCUT2D eigenvalue weighted by atomic mass is 19.4. The molecule has 2 aromatic carbocycles. The first-order valence-electron chi connectivity index (χ1n) is 14.8. The first kappa shape index (κ1) is 30.5. The van der Waals surface area contributed by atoms with Crippen LogP contribution in [-0.2, 0) is 17.4 Å². The molecule has 2 N–H and O–H groups in total. The van der Waals surface area contributed by atoms with E-state index in [-0.39, 0.29) is 17.9 Å². The lowest BCUT2D eigenvalue weighted by Crippen LogP contribution is -2.38. The van der Waals surface area contributed by atoms with Gasteiger partial charge in [-0.3, -0.25) is 9.59 Å². The number of hydrogen-bond donors (Lipinski definition) is 2. The Kier molecular flexibility index (Phi) is 10.8. The smallest absolute Gasteiger partial charge is 0.349 e. The quantitative estimate of drug-likeness (QED) is 0.224. The third-order valence-corrected chi connectivity index (χ3v) is 8.20. The number of unbranched alkanes of at least 4 members (excludes halogenated alkanes) is 3. The monoisotopic (exact) mass is 571 g/mol. The summed E-state index contributed by atoms with van der Waals surface area (Å²) in [5.41, 5.74) is 2.10. The number of rotatable bonds is 13. The lowest BCUT2D eigenvalue weighted by molar-refractivity contribution is -0.137. The number of amides is 2. The van der Waals surface area contributed by atoms with E-state index in [0.717, 1.165) is 74.8 Å². The first-order chi connectivity index (χ1) is 19.7. The Morgan fingerprint density at radius 1 is 1.00 bits per heavy atom. The molecule has 0 bridgehead atoms. The van der Waals surface area contributed by atoms with Crippen molar-refractivity contribution in [3.8, 4) is 0 Å². The fourth-order valence-corrected chi connectivity index (χ4v) is 5.55. The number of benzene rings is 2. The van der Waals surface area contributed by atoms with Gasteiger partial charge in [-0.2, -0.15) is 28.6 Å². The van der Waals surface area contributed by atoms with Crippen molar-refractivity contribution in [1.29, 1.82) is 0 Å². The van der Waals surface area contributed by atoms with Crippen molar-refractivity contribution >= 4 is 22.8 Å². The molecule has 4 rings (SSSR count). The molecular weight excluding hydrogens is 531 g/mol. The van der Waals surface area contributed by atoms with Crippen LogP contribution in [0, 0.1) is 5.92 Å². The molecule has 0 aliphatic carbocycles. The van der Waals surface area contributed by atoms with Gasteiger partial charge in [-0.05, 0) is 73.9 Å². The molecule has 3 aromatic rings. The fraction of sp³-hybridized carbons (Fsp3) is 0.548. The van der Waals surface area contributed by atoms with Crippen LogP contribution >= 0.6 is 0 Å². The molecule has 41 heavy (non-hydrogen) atoms. The molecule has 1 atom stereocenters. The maximum Gasteiger partial charge on any atom is 0.416 e. The highest BCUT2D eigenvalue weighted by Gasteiger charge is 2.30. The van der Waals surface area contributed by atoms with E-state index in [1.807, 2.05) is 4.90 Å². The Hall–Kier alpha value is -3.43. The van der Waals surface area contributed by atoms with Gasteiger partial charge < -0.3 is 10.2 Å². The summed E-state index contributed by atoms with van der Waals surface area (Å²) in [6, 6.07) is 10.5. The number of alkyl halides is 3. The third kappa shape index (κ3) is 9.03. The molecule has 7 nitrogen and oxygen atoms in total. The van der Waals surface area contributed by atoms with Gasteiger partial charge in [-0.15, -0.1) is 0 Å².